The van der Waals surface area contributed by atoms with Crippen LogP contribution in [0, 0.1) is 0 Å². The number of ketones is 1. The molecule has 0 bridgehead atoms. The first kappa shape index (κ1) is 11.6. The van der Waals surface area contributed by atoms with Crippen LogP contribution < -0.4 is 0 Å². The Morgan fingerprint density at radius 3 is 2.33 bits per heavy atom. The first-order valence-corrected chi connectivity index (χ1v) is 4.52. The van der Waals surface area contributed by atoms with E-state index in [1.54, 1.807) is 14.0 Å². The number of unbranched alkanes of at least 4 members (excludes halogenated alkanes) is 1. The number of carbonyl (C=O) groups is 1. The molecule has 0 amide bonds. The Bertz CT molecular complexity index is 139. The predicted molar refractivity (Wildman–Crippen MR) is 50.2 cm³/mol. The standard InChI is InChI=1S/C10H20O2/c1-9(11)7-5-6-8-10(2,3)12-4/h5-8H2,1-4H3. The first-order chi connectivity index (χ1) is 5.48. The number of ether oxygens (including phenoxy) is 1. The number of hydrogen-bond acceptors (Lipinski definition) is 2. The van der Waals surface area contributed by atoms with Gasteiger partial charge in [-0.25, -0.2) is 0 Å². The van der Waals surface area contributed by atoms with E-state index in [1.165, 1.54) is 0 Å². The highest BCUT2D eigenvalue weighted by Crippen LogP contribution is 2.17. The summed E-state index contributed by atoms with van der Waals surface area (Å²) in [6, 6.07) is 0. The van der Waals surface area contributed by atoms with Gasteiger partial charge in [-0.1, -0.05) is 6.42 Å². The second-order valence-electron chi connectivity index (χ2n) is 3.87. The van der Waals surface area contributed by atoms with Crippen molar-refractivity contribution in [2.45, 2.75) is 52.1 Å². The van der Waals surface area contributed by atoms with Crippen LogP contribution in [-0.2, 0) is 9.53 Å². The van der Waals surface area contributed by atoms with Gasteiger partial charge < -0.3 is 9.53 Å². The summed E-state index contributed by atoms with van der Waals surface area (Å²) < 4.78 is 5.26. The zero-order chi connectivity index (χ0) is 9.61. The second-order valence-corrected chi connectivity index (χ2v) is 3.87. The number of Topliss-reactive ketones (excluding diaryl/α,β-unsaturated/α-hetero) is 1. The van der Waals surface area contributed by atoms with E-state index in [0.29, 0.717) is 6.42 Å². The van der Waals surface area contributed by atoms with Gasteiger partial charge in [0.2, 0.25) is 0 Å². The molecule has 0 N–H and O–H groups in total. The van der Waals surface area contributed by atoms with Crippen LogP contribution in [0.1, 0.15) is 46.5 Å². The summed E-state index contributed by atoms with van der Waals surface area (Å²) in [5.41, 5.74) is -0.0310. The van der Waals surface area contributed by atoms with Gasteiger partial charge in [-0.2, -0.15) is 0 Å². The van der Waals surface area contributed by atoms with E-state index in [1.807, 2.05) is 0 Å². The highest BCUT2D eigenvalue weighted by Gasteiger charge is 2.14. The molecule has 0 aromatic heterocycles. The maximum atomic E-state index is 10.6. The van der Waals surface area contributed by atoms with Crippen molar-refractivity contribution in [3.8, 4) is 0 Å². The van der Waals surface area contributed by atoms with Gasteiger partial charge in [-0.15, -0.1) is 0 Å². The maximum Gasteiger partial charge on any atom is 0.129 e. The summed E-state index contributed by atoms with van der Waals surface area (Å²) in [5.74, 6) is 0.283. The van der Waals surface area contributed by atoms with Gasteiger partial charge in [0.1, 0.15) is 5.78 Å². The van der Waals surface area contributed by atoms with E-state index in [-0.39, 0.29) is 11.4 Å². The van der Waals surface area contributed by atoms with Crippen molar-refractivity contribution in [2.75, 3.05) is 7.11 Å². The Hall–Kier alpha value is -0.370. The van der Waals surface area contributed by atoms with Gasteiger partial charge in [-0.05, 0) is 33.6 Å². The Labute approximate surface area is 75.3 Å². The fraction of sp³-hybridized carbons (Fsp3) is 0.900. The fourth-order valence-corrected chi connectivity index (χ4v) is 1.03. The molecule has 0 aromatic carbocycles. The van der Waals surface area contributed by atoms with Crippen molar-refractivity contribution in [1.29, 1.82) is 0 Å². The highest BCUT2D eigenvalue weighted by molar-refractivity contribution is 5.75. The average molecular weight is 172 g/mol. The summed E-state index contributed by atoms with van der Waals surface area (Å²) in [4.78, 5) is 10.6. The normalized spacial score (nSPS) is 11.7. The van der Waals surface area contributed by atoms with Crippen molar-refractivity contribution in [2.24, 2.45) is 0 Å². The lowest BCUT2D eigenvalue weighted by Crippen LogP contribution is -2.21. The summed E-state index contributed by atoms with van der Waals surface area (Å²) in [7, 11) is 1.73. The summed E-state index contributed by atoms with van der Waals surface area (Å²) in [6.07, 6.45) is 3.79. The van der Waals surface area contributed by atoms with Gasteiger partial charge in [-0.3, -0.25) is 0 Å². The van der Waals surface area contributed by atoms with Crippen molar-refractivity contribution >= 4 is 5.78 Å². The van der Waals surface area contributed by atoms with E-state index in [9.17, 15) is 4.79 Å². The van der Waals surface area contributed by atoms with Gasteiger partial charge in [0, 0.05) is 13.5 Å². The van der Waals surface area contributed by atoms with Crippen LogP contribution in [-0.4, -0.2) is 18.5 Å². The molecular formula is C10H20O2. The summed E-state index contributed by atoms with van der Waals surface area (Å²) >= 11 is 0. The zero-order valence-corrected chi connectivity index (χ0v) is 8.64. The lowest BCUT2D eigenvalue weighted by molar-refractivity contribution is -0.117. The van der Waals surface area contributed by atoms with Crippen LogP contribution in [0.4, 0.5) is 0 Å². The smallest absolute Gasteiger partial charge is 0.129 e. The Morgan fingerprint density at radius 1 is 1.33 bits per heavy atom. The van der Waals surface area contributed by atoms with E-state index in [0.717, 1.165) is 19.3 Å². The molecule has 0 aliphatic heterocycles. The molecule has 0 fully saturated rings. The predicted octanol–water partition coefficient (Wildman–Crippen LogP) is 2.56. The monoisotopic (exact) mass is 172 g/mol. The first-order valence-electron chi connectivity index (χ1n) is 4.52. The molecule has 72 valence electrons. The van der Waals surface area contributed by atoms with Crippen LogP contribution in [0.15, 0.2) is 0 Å². The van der Waals surface area contributed by atoms with Crippen molar-refractivity contribution in [3.63, 3.8) is 0 Å². The Kier molecular flexibility index (Phi) is 5.14. The molecule has 0 saturated carbocycles. The molecule has 0 atom stereocenters. The molecule has 0 rings (SSSR count). The van der Waals surface area contributed by atoms with Crippen LogP contribution in [0.3, 0.4) is 0 Å². The quantitative estimate of drug-likeness (QED) is 0.575. The third-order valence-corrected chi connectivity index (χ3v) is 2.11. The van der Waals surface area contributed by atoms with Crippen molar-refractivity contribution in [3.05, 3.63) is 0 Å². The summed E-state index contributed by atoms with van der Waals surface area (Å²) in [5, 5.41) is 0. The second kappa shape index (κ2) is 5.31. The van der Waals surface area contributed by atoms with E-state index >= 15 is 0 Å². The molecule has 0 saturated heterocycles. The maximum absolute atomic E-state index is 10.6. The molecule has 0 unspecified atom stereocenters. The molecule has 2 heteroatoms. The fourth-order valence-electron chi connectivity index (χ4n) is 1.03. The molecule has 0 radical (unpaired) electrons. The van der Waals surface area contributed by atoms with Gasteiger partial charge >= 0.3 is 0 Å². The molecule has 0 aliphatic rings. The molecule has 0 spiro atoms. The largest absolute Gasteiger partial charge is 0.379 e. The van der Waals surface area contributed by atoms with E-state index in [2.05, 4.69) is 13.8 Å². The number of methoxy groups -OCH3 is 1. The Morgan fingerprint density at radius 2 is 1.92 bits per heavy atom. The minimum atomic E-state index is -0.0310. The van der Waals surface area contributed by atoms with Gasteiger partial charge in [0.05, 0.1) is 5.60 Å². The van der Waals surface area contributed by atoms with Crippen LogP contribution in [0.25, 0.3) is 0 Å². The molecule has 12 heavy (non-hydrogen) atoms. The van der Waals surface area contributed by atoms with Crippen LogP contribution in [0.5, 0.6) is 0 Å². The van der Waals surface area contributed by atoms with E-state index in [4.69, 9.17) is 4.74 Å². The number of carbonyl (C=O) groups excluding carboxylic acids is 1. The molecule has 0 heterocycles. The summed E-state index contributed by atoms with van der Waals surface area (Å²) in [6.45, 7) is 5.78. The highest BCUT2D eigenvalue weighted by atomic mass is 16.5. The van der Waals surface area contributed by atoms with Gasteiger partial charge in [0.15, 0.2) is 0 Å². The molecule has 0 aromatic rings. The third kappa shape index (κ3) is 6.35. The van der Waals surface area contributed by atoms with E-state index < -0.39 is 0 Å². The molecule has 2 nitrogen and oxygen atoms in total. The average Bonchev–Trinajstić information content (AvgIpc) is 1.98. The number of hydrogen-bond donors (Lipinski definition) is 0. The molecule has 0 aliphatic carbocycles. The Balaban J connectivity index is 3.37. The van der Waals surface area contributed by atoms with Crippen LogP contribution >= 0.6 is 0 Å². The SMILES string of the molecule is COC(C)(C)CCCCC(C)=O. The zero-order valence-electron chi connectivity index (χ0n) is 8.64. The lowest BCUT2D eigenvalue weighted by atomic mass is 10.00. The van der Waals surface area contributed by atoms with Crippen molar-refractivity contribution < 1.29 is 9.53 Å². The molecular weight excluding hydrogens is 152 g/mol. The minimum absolute atomic E-state index is 0.0310. The lowest BCUT2D eigenvalue weighted by Gasteiger charge is -2.22. The third-order valence-electron chi connectivity index (χ3n) is 2.11. The van der Waals surface area contributed by atoms with Gasteiger partial charge in [0.25, 0.3) is 0 Å². The van der Waals surface area contributed by atoms with Crippen LogP contribution in [0.2, 0.25) is 0 Å². The minimum Gasteiger partial charge on any atom is -0.379 e. The number of rotatable bonds is 6. The van der Waals surface area contributed by atoms with Crippen molar-refractivity contribution in [1.82, 2.24) is 0 Å². The topological polar surface area (TPSA) is 26.3 Å².